The van der Waals surface area contributed by atoms with Gasteiger partial charge in [-0.15, -0.1) is 24.0 Å². The molecule has 0 saturated carbocycles. The van der Waals surface area contributed by atoms with E-state index < -0.39 is 0 Å². The molecule has 1 atom stereocenters. The number of hydrogen-bond acceptors (Lipinski definition) is 1. The van der Waals surface area contributed by atoms with Crippen LogP contribution in [-0.2, 0) is 0 Å². The van der Waals surface area contributed by atoms with Crippen LogP contribution in [0.25, 0.3) is 0 Å². The molecule has 3 N–H and O–H groups in total. The summed E-state index contributed by atoms with van der Waals surface area (Å²) >= 11 is 0. The van der Waals surface area contributed by atoms with Gasteiger partial charge in [-0.3, -0.25) is 4.99 Å². The van der Waals surface area contributed by atoms with Gasteiger partial charge in [0.05, 0.1) is 0 Å². The Morgan fingerprint density at radius 2 is 1.89 bits per heavy atom. The summed E-state index contributed by atoms with van der Waals surface area (Å²) in [5, 5.41) is 3.09. The molecule has 1 unspecified atom stereocenters. The molecule has 0 bridgehead atoms. The number of halogens is 1. The van der Waals surface area contributed by atoms with Crippen LogP contribution < -0.4 is 11.1 Å². The summed E-state index contributed by atoms with van der Waals surface area (Å²) in [6.07, 6.45) is 2.17. The van der Waals surface area contributed by atoms with Gasteiger partial charge < -0.3 is 11.1 Å². The van der Waals surface area contributed by atoms with Gasteiger partial charge in [0.25, 0.3) is 0 Å². The number of nitrogens with one attached hydrogen (secondary N) is 1. The van der Waals surface area contributed by atoms with Crippen molar-refractivity contribution in [2.24, 2.45) is 10.7 Å². The topological polar surface area (TPSA) is 50.4 Å². The molecule has 18 heavy (non-hydrogen) atoms. The van der Waals surface area contributed by atoms with E-state index >= 15 is 0 Å². The number of aliphatic imine (C=N–C) groups is 1. The molecule has 0 aliphatic rings. The van der Waals surface area contributed by atoms with Crippen molar-refractivity contribution < 1.29 is 0 Å². The molecule has 0 radical (unpaired) electrons. The molecule has 0 aliphatic carbocycles. The first-order valence-corrected chi connectivity index (χ1v) is 6.34. The summed E-state index contributed by atoms with van der Waals surface area (Å²) in [6, 6.07) is 8.39. The molecule has 1 rings (SSSR count). The SMILES string of the molecule is CCCN=C(N)Nc1ccc(C(C)CC)cc1.I. The van der Waals surface area contributed by atoms with E-state index in [0.717, 1.165) is 25.1 Å². The first-order chi connectivity index (χ1) is 8.17. The molecule has 0 aliphatic heterocycles. The maximum atomic E-state index is 5.75. The Labute approximate surface area is 127 Å². The molecule has 4 heteroatoms. The van der Waals surface area contributed by atoms with Crippen LogP contribution in [0.4, 0.5) is 5.69 Å². The minimum absolute atomic E-state index is 0. The van der Waals surface area contributed by atoms with Crippen LogP contribution in [0.5, 0.6) is 0 Å². The molecule has 0 heterocycles. The van der Waals surface area contributed by atoms with Crippen molar-refractivity contribution in [3.63, 3.8) is 0 Å². The summed E-state index contributed by atoms with van der Waals surface area (Å²) in [5.74, 6) is 1.10. The number of hydrogen-bond donors (Lipinski definition) is 2. The van der Waals surface area contributed by atoms with Crippen molar-refractivity contribution >= 4 is 35.6 Å². The van der Waals surface area contributed by atoms with E-state index in [0.29, 0.717) is 11.9 Å². The molecular formula is C14H24IN3. The Bertz CT molecular complexity index is 360. The molecule has 3 nitrogen and oxygen atoms in total. The number of nitrogens with zero attached hydrogens (tertiary/aromatic N) is 1. The average molecular weight is 361 g/mol. The van der Waals surface area contributed by atoms with Gasteiger partial charge in [0.15, 0.2) is 5.96 Å². The second kappa shape index (κ2) is 9.19. The molecule has 1 aromatic rings. The van der Waals surface area contributed by atoms with E-state index in [1.807, 2.05) is 0 Å². The predicted octanol–water partition coefficient (Wildman–Crippen LogP) is 3.95. The maximum absolute atomic E-state index is 5.75. The largest absolute Gasteiger partial charge is 0.370 e. The number of benzene rings is 1. The third-order valence-corrected chi connectivity index (χ3v) is 2.87. The minimum Gasteiger partial charge on any atom is -0.370 e. The fourth-order valence-corrected chi connectivity index (χ4v) is 1.55. The van der Waals surface area contributed by atoms with E-state index in [9.17, 15) is 0 Å². The monoisotopic (exact) mass is 361 g/mol. The predicted molar refractivity (Wildman–Crippen MR) is 91.0 cm³/mol. The summed E-state index contributed by atoms with van der Waals surface area (Å²) in [4.78, 5) is 4.19. The van der Waals surface area contributed by atoms with Crippen LogP contribution in [0.1, 0.15) is 45.1 Å². The highest BCUT2D eigenvalue weighted by molar-refractivity contribution is 14.0. The molecule has 0 spiro atoms. The van der Waals surface area contributed by atoms with E-state index in [4.69, 9.17) is 5.73 Å². The van der Waals surface area contributed by atoms with Crippen molar-refractivity contribution in [1.82, 2.24) is 0 Å². The van der Waals surface area contributed by atoms with Crippen LogP contribution in [0.3, 0.4) is 0 Å². The molecule has 0 amide bonds. The molecule has 0 saturated heterocycles. The van der Waals surface area contributed by atoms with Gasteiger partial charge in [0.2, 0.25) is 0 Å². The molecular weight excluding hydrogens is 337 g/mol. The number of rotatable bonds is 5. The van der Waals surface area contributed by atoms with Crippen molar-refractivity contribution in [2.75, 3.05) is 11.9 Å². The summed E-state index contributed by atoms with van der Waals surface area (Å²) < 4.78 is 0. The van der Waals surface area contributed by atoms with E-state index in [1.54, 1.807) is 0 Å². The Morgan fingerprint density at radius 3 is 2.39 bits per heavy atom. The van der Waals surface area contributed by atoms with E-state index in [2.05, 4.69) is 55.3 Å². The van der Waals surface area contributed by atoms with Gasteiger partial charge in [-0.2, -0.15) is 0 Å². The van der Waals surface area contributed by atoms with Crippen LogP contribution in [0.2, 0.25) is 0 Å². The van der Waals surface area contributed by atoms with Gasteiger partial charge in [0, 0.05) is 12.2 Å². The molecule has 0 fully saturated rings. The number of anilines is 1. The number of nitrogens with two attached hydrogens (primary N) is 1. The second-order valence-electron chi connectivity index (χ2n) is 4.32. The van der Waals surface area contributed by atoms with Gasteiger partial charge in [-0.1, -0.05) is 32.9 Å². The maximum Gasteiger partial charge on any atom is 0.193 e. The summed E-state index contributed by atoms with van der Waals surface area (Å²) in [5.41, 5.74) is 8.11. The Morgan fingerprint density at radius 1 is 1.28 bits per heavy atom. The molecule has 1 aromatic carbocycles. The minimum atomic E-state index is 0. The Balaban J connectivity index is 0.00000289. The highest BCUT2D eigenvalue weighted by atomic mass is 127. The third-order valence-electron chi connectivity index (χ3n) is 2.87. The van der Waals surface area contributed by atoms with Crippen molar-refractivity contribution in [3.8, 4) is 0 Å². The van der Waals surface area contributed by atoms with Gasteiger partial charge >= 0.3 is 0 Å². The highest BCUT2D eigenvalue weighted by Gasteiger charge is 2.02. The zero-order valence-corrected chi connectivity index (χ0v) is 13.8. The third kappa shape index (κ3) is 5.71. The Hall–Kier alpha value is -0.780. The van der Waals surface area contributed by atoms with Gasteiger partial charge in [-0.05, 0) is 36.5 Å². The zero-order chi connectivity index (χ0) is 12.7. The van der Waals surface area contributed by atoms with E-state index in [-0.39, 0.29) is 24.0 Å². The number of guanidine groups is 1. The highest BCUT2D eigenvalue weighted by Crippen LogP contribution is 2.20. The first-order valence-electron chi connectivity index (χ1n) is 6.34. The van der Waals surface area contributed by atoms with Crippen LogP contribution >= 0.6 is 24.0 Å². The lowest BCUT2D eigenvalue weighted by Crippen LogP contribution is -2.22. The second-order valence-corrected chi connectivity index (χ2v) is 4.32. The lowest BCUT2D eigenvalue weighted by molar-refractivity contribution is 0.734. The zero-order valence-electron chi connectivity index (χ0n) is 11.4. The van der Waals surface area contributed by atoms with Crippen molar-refractivity contribution in [2.45, 2.75) is 39.5 Å². The van der Waals surface area contributed by atoms with E-state index in [1.165, 1.54) is 5.56 Å². The molecule has 0 aromatic heterocycles. The van der Waals surface area contributed by atoms with Crippen LogP contribution in [0, 0.1) is 0 Å². The summed E-state index contributed by atoms with van der Waals surface area (Å²) in [6.45, 7) is 7.28. The molecule has 102 valence electrons. The smallest absolute Gasteiger partial charge is 0.193 e. The quantitative estimate of drug-likeness (QED) is 0.474. The standard InChI is InChI=1S/C14H23N3.HI/c1-4-10-16-14(15)17-13-8-6-12(7-9-13)11(3)5-2;/h6-9,11H,4-5,10H2,1-3H3,(H3,15,16,17);1H. The van der Waals surface area contributed by atoms with Crippen LogP contribution in [-0.4, -0.2) is 12.5 Å². The fourth-order valence-electron chi connectivity index (χ4n) is 1.55. The van der Waals surface area contributed by atoms with Gasteiger partial charge in [0.1, 0.15) is 0 Å². The Kier molecular flexibility index (Phi) is 8.79. The lowest BCUT2D eigenvalue weighted by Gasteiger charge is -2.10. The first kappa shape index (κ1) is 17.2. The fraction of sp³-hybridized carbons (Fsp3) is 0.500. The average Bonchev–Trinajstić information content (AvgIpc) is 2.36. The van der Waals surface area contributed by atoms with Gasteiger partial charge in [-0.25, -0.2) is 0 Å². The normalized spacial score (nSPS) is 12.7. The van der Waals surface area contributed by atoms with Crippen molar-refractivity contribution in [1.29, 1.82) is 0 Å². The summed E-state index contributed by atoms with van der Waals surface area (Å²) in [7, 11) is 0. The van der Waals surface area contributed by atoms with Crippen LogP contribution in [0.15, 0.2) is 29.3 Å². The van der Waals surface area contributed by atoms with Crippen molar-refractivity contribution in [3.05, 3.63) is 29.8 Å². The lowest BCUT2D eigenvalue weighted by atomic mass is 9.99.